The third kappa shape index (κ3) is 3.93. The molecule has 0 spiro atoms. The number of carbonyl (C=O) groups excluding carboxylic acids is 1. The Labute approximate surface area is 176 Å². The van der Waals surface area contributed by atoms with E-state index in [2.05, 4.69) is 43.6 Å². The number of nitrogen functional groups attached to an aromatic ring is 1. The van der Waals surface area contributed by atoms with Crippen LogP contribution in [0.3, 0.4) is 0 Å². The molecule has 0 saturated heterocycles. The van der Waals surface area contributed by atoms with Crippen molar-refractivity contribution in [2.24, 2.45) is 0 Å². The van der Waals surface area contributed by atoms with Gasteiger partial charge in [0.2, 0.25) is 11.1 Å². The average molecular weight is 458 g/mol. The van der Waals surface area contributed by atoms with Crippen LogP contribution in [0.15, 0.2) is 64.2 Å². The summed E-state index contributed by atoms with van der Waals surface area (Å²) < 4.78 is 2.31. The third-order valence-electron chi connectivity index (χ3n) is 4.98. The minimum absolute atomic E-state index is 0.0300. The largest absolute Gasteiger partial charge is 0.354 e. The van der Waals surface area contributed by atoms with Crippen LogP contribution in [-0.4, -0.2) is 33.1 Å². The van der Waals surface area contributed by atoms with Gasteiger partial charge in [-0.05, 0) is 30.5 Å². The second-order valence-corrected chi connectivity index (χ2v) is 8.66. The number of hydrogen-bond acceptors (Lipinski definition) is 5. The Morgan fingerprint density at radius 2 is 1.86 bits per heavy atom. The van der Waals surface area contributed by atoms with Crippen LogP contribution in [0.2, 0.25) is 0 Å². The Kier molecular flexibility index (Phi) is 5.41. The minimum atomic E-state index is -0.0300. The van der Waals surface area contributed by atoms with Crippen LogP contribution < -0.4 is 11.2 Å². The summed E-state index contributed by atoms with van der Waals surface area (Å²) in [6, 6.07) is 18.0. The van der Waals surface area contributed by atoms with Crippen molar-refractivity contribution < 1.29 is 4.79 Å². The van der Waals surface area contributed by atoms with Crippen LogP contribution in [0.25, 0.3) is 11.4 Å². The van der Waals surface area contributed by atoms with Gasteiger partial charge in [0.15, 0.2) is 5.82 Å². The maximum Gasteiger partial charge on any atom is 0.230 e. The molecule has 6 nitrogen and oxygen atoms in total. The average Bonchev–Trinajstić information content (AvgIpc) is 3.43. The first-order valence-electron chi connectivity index (χ1n) is 8.99. The van der Waals surface area contributed by atoms with E-state index in [9.17, 15) is 4.79 Å². The Hall–Kier alpha value is -2.32. The SMILES string of the molecule is Nn1c(SCC(=O)NCC2(c3ccccc3)CC2)nnc1-c1ccccc1Br. The van der Waals surface area contributed by atoms with E-state index in [1.165, 1.54) is 22.0 Å². The number of hydrogen-bond donors (Lipinski definition) is 2. The van der Waals surface area contributed by atoms with Gasteiger partial charge >= 0.3 is 0 Å². The Morgan fingerprint density at radius 1 is 1.14 bits per heavy atom. The first-order chi connectivity index (χ1) is 13.6. The molecule has 1 saturated carbocycles. The molecule has 1 amide bonds. The summed E-state index contributed by atoms with van der Waals surface area (Å²) in [7, 11) is 0. The van der Waals surface area contributed by atoms with Crippen LogP contribution in [0.5, 0.6) is 0 Å². The molecule has 1 aliphatic carbocycles. The lowest BCUT2D eigenvalue weighted by atomic mass is 9.96. The molecule has 0 atom stereocenters. The predicted molar refractivity (Wildman–Crippen MR) is 114 cm³/mol. The molecular weight excluding hydrogens is 438 g/mol. The van der Waals surface area contributed by atoms with E-state index in [1.807, 2.05) is 42.5 Å². The second-order valence-electron chi connectivity index (χ2n) is 6.87. The summed E-state index contributed by atoms with van der Waals surface area (Å²) in [6.07, 6.45) is 2.22. The van der Waals surface area contributed by atoms with Crippen LogP contribution in [0.1, 0.15) is 18.4 Å². The lowest BCUT2D eigenvalue weighted by Gasteiger charge is -2.16. The molecule has 3 aromatic rings. The van der Waals surface area contributed by atoms with Crippen molar-refractivity contribution in [2.45, 2.75) is 23.4 Å². The summed E-state index contributed by atoms with van der Waals surface area (Å²) in [4.78, 5) is 12.3. The number of benzene rings is 2. The van der Waals surface area contributed by atoms with Crippen LogP contribution in [-0.2, 0) is 10.2 Å². The highest BCUT2D eigenvalue weighted by atomic mass is 79.9. The van der Waals surface area contributed by atoms with E-state index < -0.39 is 0 Å². The van der Waals surface area contributed by atoms with Crippen molar-refractivity contribution in [2.75, 3.05) is 18.1 Å². The van der Waals surface area contributed by atoms with Crippen molar-refractivity contribution in [3.8, 4) is 11.4 Å². The molecule has 0 radical (unpaired) electrons. The first kappa shape index (κ1) is 19.0. The lowest BCUT2D eigenvalue weighted by molar-refractivity contribution is -0.118. The molecule has 0 bridgehead atoms. The van der Waals surface area contributed by atoms with E-state index in [1.54, 1.807) is 0 Å². The summed E-state index contributed by atoms with van der Waals surface area (Å²) in [6.45, 7) is 0.661. The van der Waals surface area contributed by atoms with Gasteiger partial charge in [-0.15, -0.1) is 10.2 Å². The number of nitrogens with one attached hydrogen (secondary N) is 1. The number of halogens is 1. The number of rotatable bonds is 7. The number of nitrogens with zero attached hydrogens (tertiary/aromatic N) is 3. The van der Waals surface area contributed by atoms with E-state index >= 15 is 0 Å². The van der Waals surface area contributed by atoms with Gasteiger partial charge in [0.25, 0.3) is 0 Å². The maximum absolute atomic E-state index is 12.3. The van der Waals surface area contributed by atoms with Gasteiger partial charge in [0.1, 0.15) is 0 Å². The van der Waals surface area contributed by atoms with Crippen molar-refractivity contribution in [1.29, 1.82) is 0 Å². The fourth-order valence-corrected chi connectivity index (χ4v) is 4.31. The zero-order valence-electron chi connectivity index (χ0n) is 15.1. The predicted octanol–water partition coefficient (Wildman–Crippen LogP) is 3.36. The number of carbonyl (C=O) groups is 1. The quantitative estimate of drug-likeness (QED) is 0.419. The summed E-state index contributed by atoms with van der Waals surface area (Å²) >= 11 is 4.78. The molecule has 8 heteroatoms. The molecule has 1 fully saturated rings. The number of thioether (sulfide) groups is 1. The van der Waals surface area contributed by atoms with E-state index in [-0.39, 0.29) is 17.1 Å². The van der Waals surface area contributed by atoms with Crippen molar-refractivity contribution in [3.05, 3.63) is 64.6 Å². The fourth-order valence-electron chi connectivity index (χ4n) is 3.16. The van der Waals surface area contributed by atoms with Gasteiger partial charge in [-0.3, -0.25) is 4.79 Å². The molecule has 1 aromatic heterocycles. The highest BCUT2D eigenvalue weighted by Crippen LogP contribution is 2.47. The highest BCUT2D eigenvalue weighted by Gasteiger charge is 2.44. The summed E-state index contributed by atoms with van der Waals surface area (Å²) in [5.74, 6) is 6.91. The zero-order chi connectivity index (χ0) is 19.6. The molecule has 144 valence electrons. The number of amides is 1. The molecule has 1 aliphatic rings. The Bertz CT molecular complexity index is 987. The smallest absolute Gasteiger partial charge is 0.230 e. The summed E-state index contributed by atoms with van der Waals surface area (Å²) in [5.41, 5.74) is 2.25. The highest BCUT2D eigenvalue weighted by molar-refractivity contribution is 9.10. The minimum Gasteiger partial charge on any atom is -0.354 e. The normalized spacial score (nSPS) is 14.6. The molecule has 3 N–H and O–H groups in total. The number of aromatic nitrogens is 3. The van der Waals surface area contributed by atoms with E-state index in [4.69, 9.17) is 5.84 Å². The van der Waals surface area contributed by atoms with Crippen LogP contribution in [0.4, 0.5) is 0 Å². The fraction of sp³-hybridized carbons (Fsp3) is 0.250. The van der Waals surface area contributed by atoms with Gasteiger partial charge in [-0.25, -0.2) is 4.68 Å². The standard InChI is InChI=1S/C20H20BrN5OS/c21-16-9-5-4-8-15(16)18-24-25-19(26(18)22)28-12-17(27)23-13-20(10-11-20)14-6-2-1-3-7-14/h1-9H,10-13,22H2,(H,23,27). The number of nitrogens with two attached hydrogens (primary N) is 1. The van der Waals surface area contributed by atoms with Crippen molar-refractivity contribution in [1.82, 2.24) is 20.2 Å². The molecule has 0 aliphatic heterocycles. The Balaban J connectivity index is 1.34. The lowest BCUT2D eigenvalue weighted by Crippen LogP contribution is -2.33. The third-order valence-corrected chi connectivity index (χ3v) is 6.61. The second kappa shape index (κ2) is 7.97. The Morgan fingerprint density at radius 3 is 2.57 bits per heavy atom. The molecular formula is C20H20BrN5OS. The molecule has 0 unspecified atom stereocenters. The van der Waals surface area contributed by atoms with Gasteiger partial charge in [-0.2, -0.15) is 0 Å². The monoisotopic (exact) mass is 457 g/mol. The van der Waals surface area contributed by atoms with E-state index in [0.29, 0.717) is 17.5 Å². The topological polar surface area (TPSA) is 85.8 Å². The molecule has 2 aromatic carbocycles. The summed E-state index contributed by atoms with van der Waals surface area (Å²) in [5, 5.41) is 11.8. The first-order valence-corrected chi connectivity index (χ1v) is 10.8. The van der Waals surface area contributed by atoms with Crippen molar-refractivity contribution >= 4 is 33.6 Å². The molecule has 28 heavy (non-hydrogen) atoms. The molecule has 4 rings (SSSR count). The van der Waals surface area contributed by atoms with Crippen molar-refractivity contribution in [3.63, 3.8) is 0 Å². The van der Waals surface area contributed by atoms with Crippen LogP contribution in [0, 0.1) is 0 Å². The zero-order valence-corrected chi connectivity index (χ0v) is 17.5. The van der Waals surface area contributed by atoms with E-state index in [0.717, 1.165) is 22.9 Å². The molecule has 1 heterocycles. The van der Waals surface area contributed by atoms with Gasteiger partial charge in [-0.1, -0.05) is 70.2 Å². The van der Waals surface area contributed by atoms with Gasteiger partial charge in [0.05, 0.1) is 5.75 Å². The van der Waals surface area contributed by atoms with Crippen LogP contribution >= 0.6 is 27.7 Å². The van der Waals surface area contributed by atoms with Gasteiger partial charge in [0, 0.05) is 22.0 Å². The maximum atomic E-state index is 12.3. The van der Waals surface area contributed by atoms with Gasteiger partial charge < -0.3 is 11.2 Å².